The quantitative estimate of drug-likeness (QED) is 0.722. The van der Waals surface area contributed by atoms with Crippen molar-refractivity contribution >= 4 is 12.1 Å². The fourth-order valence-corrected chi connectivity index (χ4v) is 3.09. The summed E-state index contributed by atoms with van der Waals surface area (Å²) in [5, 5.41) is 0. The van der Waals surface area contributed by atoms with Crippen LogP contribution in [0, 0.1) is 5.92 Å². The molecule has 2 aliphatic rings. The molecule has 2 rings (SSSR count). The summed E-state index contributed by atoms with van der Waals surface area (Å²) in [4.78, 5) is 25.8. The van der Waals surface area contributed by atoms with Gasteiger partial charge < -0.3 is 14.4 Å². The Kier molecular flexibility index (Phi) is 3.74. The summed E-state index contributed by atoms with van der Waals surface area (Å²) in [5.74, 6) is -0.352. The van der Waals surface area contributed by atoms with Crippen LogP contribution >= 0.6 is 0 Å². The Morgan fingerprint density at radius 3 is 2.53 bits per heavy atom. The molecule has 0 spiro atoms. The Balaban J connectivity index is 2.04. The lowest BCUT2D eigenvalue weighted by Crippen LogP contribution is -2.41. The molecule has 2 heterocycles. The number of esters is 1. The van der Waals surface area contributed by atoms with E-state index >= 15 is 0 Å². The summed E-state index contributed by atoms with van der Waals surface area (Å²) >= 11 is 0. The molecule has 5 heteroatoms. The van der Waals surface area contributed by atoms with Crippen LogP contribution in [-0.4, -0.2) is 41.3 Å². The predicted molar refractivity (Wildman–Crippen MR) is 69.6 cm³/mol. The Labute approximate surface area is 114 Å². The van der Waals surface area contributed by atoms with Gasteiger partial charge in [0, 0.05) is 12.1 Å². The number of hydrogen-bond donors (Lipinski definition) is 0. The van der Waals surface area contributed by atoms with Crippen LogP contribution in [0.4, 0.5) is 4.79 Å². The summed E-state index contributed by atoms with van der Waals surface area (Å²) in [5.41, 5.74) is -0.501. The first-order chi connectivity index (χ1) is 8.83. The number of nitrogens with zero attached hydrogens (tertiary/aromatic N) is 1. The minimum atomic E-state index is -0.501. The molecule has 0 aromatic heterocycles. The van der Waals surface area contributed by atoms with Gasteiger partial charge in [0.1, 0.15) is 5.60 Å². The molecule has 2 bridgehead atoms. The van der Waals surface area contributed by atoms with E-state index in [-0.39, 0.29) is 30.1 Å². The van der Waals surface area contributed by atoms with Crippen molar-refractivity contribution in [3.05, 3.63) is 0 Å². The molecular formula is C14H23NO4. The summed E-state index contributed by atoms with van der Waals surface area (Å²) in [6, 6.07) is 0.0909. The van der Waals surface area contributed by atoms with E-state index in [2.05, 4.69) is 0 Å². The second-order valence-corrected chi connectivity index (χ2v) is 6.28. The normalized spacial score (nSPS) is 29.5. The maximum atomic E-state index is 12.2. The minimum absolute atomic E-state index is 0.0427. The number of fused-ring (bicyclic) bond motifs is 2. The van der Waals surface area contributed by atoms with Gasteiger partial charge in [-0.15, -0.1) is 0 Å². The van der Waals surface area contributed by atoms with Gasteiger partial charge in [0.2, 0.25) is 0 Å². The Bertz CT molecular complexity index is 374. The highest BCUT2D eigenvalue weighted by Crippen LogP contribution is 2.42. The molecule has 108 valence electrons. The molecule has 0 unspecified atom stereocenters. The molecule has 3 atom stereocenters. The van der Waals surface area contributed by atoms with Gasteiger partial charge >= 0.3 is 12.1 Å². The lowest BCUT2D eigenvalue weighted by Gasteiger charge is -2.28. The largest absolute Gasteiger partial charge is 0.466 e. The van der Waals surface area contributed by atoms with Crippen LogP contribution in [0.1, 0.15) is 47.0 Å². The number of amides is 1. The van der Waals surface area contributed by atoms with Gasteiger partial charge in [-0.3, -0.25) is 4.79 Å². The molecule has 1 amide bonds. The SMILES string of the molecule is CCOC(=O)[C@@H]1C[C@H]2CC[C@@H]1N2C(=O)OC(C)(C)C. The first-order valence-electron chi connectivity index (χ1n) is 7.01. The van der Waals surface area contributed by atoms with Crippen molar-refractivity contribution in [2.45, 2.75) is 64.6 Å². The molecule has 5 nitrogen and oxygen atoms in total. The summed E-state index contributed by atoms with van der Waals surface area (Å²) in [6.07, 6.45) is 2.24. The molecular weight excluding hydrogens is 246 g/mol. The van der Waals surface area contributed by atoms with Crippen LogP contribution < -0.4 is 0 Å². The zero-order valence-electron chi connectivity index (χ0n) is 12.1. The van der Waals surface area contributed by atoms with Crippen molar-refractivity contribution in [3.8, 4) is 0 Å². The number of hydrogen-bond acceptors (Lipinski definition) is 4. The Morgan fingerprint density at radius 1 is 1.26 bits per heavy atom. The number of carbonyl (C=O) groups is 2. The highest BCUT2D eigenvalue weighted by atomic mass is 16.6. The molecule has 2 aliphatic heterocycles. The molecule has 2 fully saturated rings. The third-order valence-electron chi connectivity index (χ3n) is 3.73. The van der Waals surface area contributed by atoms with E-state index in [9.17, 15) is 9.59 Å². The zero-order valence-corrected chi connectivity index (χ0v) is 12.1. The summed E-state index contributed by atoms with van der Waals surface area (Å²) in [7, 11) is 0. The van der Waals surface area contributed by atoms with E-state index in [0.717, 1.165) is 12.8 Å². The van der Waals surface area contributed by atoms with Crippen LogP contribution in [0.15, 0.2) is 0 Å². The molecule has 2 saturated heterocycles. The van der Waals surface area contributed by atoms with Crippen LogP contribution in [0.5, 0.6) is 0 Å². The van der Waals surface area contributed by atoms with Gasteiger partial charge in [-0.25, -0.2) is 4.79 Å². The first kappa shape index (κ1) is 14.2. The van der Waals surface area contributed by atoms with Gasteiger partial charge in [0.05, 0.1) is 12.5 Å². The monoisotopic (exact) mass is 269 g/mol. The topological polar surface area (TPSA) is 55.8 Å². The van der Waals surface area contributed by atoms with E-state index in [1.54, 1.807) is 11.8 Å². The Hall–Kier alpha value is -1.26. The number of ether oxygens (including phenoxy) is 2. The maximum absolute atomic E-state index is 12.2. The zero-order chi connectivity index (χ0) is 14.2. The molecule has 0 N–H and O–H groups in total. The van der Waals surface area contributed by atoms with E-state index in [4.69, 9.17) is 9.47 Å². The second-order valence-electron chi connectivity index (χ2n) is 6.28. The van der Waals surface area contributed by atoms with Crippen molar-refractivity contribution in [2.24, 2.45) is 5.92 Å². The highest BCUT2D eigenvalue weighted by Gasteiger charge is 2.52. The average molecular weight is 269 g/mol. The van der Waals surface area contributed by atoms with E-state index in [1.165, 1.54) is 0 Å². The third kappa shape index (κ3) is 2.85. The predicted octanol–water partition coefficient (Wildman–Crippen LogP) is 2.34. The fraction of sp³-hybridized carbons (Fsp3) is 0.857. The molecule has 0 aromatic rings. The van der Waals surface area contributed by atoms with E-state index < -0.39 is 5.60 Å². The molecule has 0 radical (unpaired) electrons. The lowest BCUT2D eigenvalue weighted by atomic mass is 9.89. The fourth-order valence-electron chi connectivity index (χ4n) is 3.09. The van der Waals surface area contributed by atoms with Crippen LogP contribution in [0.25, 0.3) is 0 Å². The standard InChI is InChI=1S/C14H23NO4/c1-5-18-12(16)10-8-9-6-7-11(10)15(9)13(17)19-14(2,3)4/h9-11H,5-8H2,1-4H3/t9-,10-,11+/m1/s1. The van der Waals surface area contributed by atoms with Gasteiger partial charge in [0.15, 0.2) is 0 Å². The van der Waals surface area contributed by atoms with Crippen LogP contribution in [0.2, 0.25) is 0 Å². The third-order valence-corrected chi connectivity index (χ3v) is 3.73. The second kappa shape index (κ2) is 5.02. The lowest BCUT2D eigenvalue weighted by molar-refractivity contribution is -0.148. The number of carbonyl (C=O) groups excluding carboxylic acids is 2. The van der Waals surface area contributed by atoms with Crippen LogP contribution in [0.3, 0.4) is 0 Å². The molecule has 0 aromatic carbocycles. The van der Waals surface area contributed by atoms with Gasteiger partial charge in [0.25, 0.3) is 0 Å². The highest BCUT2D eigenvalue weighted by molar-refractivity contribution is 5.77. The van der Waals surface area contributed by atoms with Gasteiger partial charge in [-0.05, 0) is 47.0 Å². The minimum Gasteiger partial charge on any atom is -0.466 e. The van der Waals surface area contributed by atoms with E-state index in [0.29, 0.717) is 13.0 Å². The van der Waals surface area contributed by atoms with Crippen molar-refractivity contribution < 1.29 is 19.1 Å². The maximum Gasteiger partial charge on any atom is 0.410 e. The number of rotatable bonds is 2. The Morgan fingerprint density at radius 2 is 1.95 bits per heavy atom. The van der Waals surface area contributed by atoms with Crippen molar-refractivity contribution in [1.29, 1.82) is 0 Å². The van der Waals surface area contributed by atoms with Crippen molar-refractivity contribution in [2.75, 3.05) is 6.61 Å². The summed E-state index contributed by atoms with van der Waals surface area (Å²) < 4.78 is 10.5. The van der Waals surface area contributed by atoms with Crippen LogP contribution in [-0.2, 0) is 14.3 Å². The van der Waals surface area contributed by atoms with Crippen molar-refractivity contribution in [3.63, 3.8) is 0 Å². The first-order valence-corrected chi connectivity index (χ1v) is 7.01. The van der Waals surface area contributed by atoms with Gasteiger partial charge in [-0.2, -0.15) is 0 Å². The van der Waals surface area contributed by atoms with E-state index in [1.807, 2.05) is 20.8 Å². The molecule has 0 aliphatic carbocycles. The smallest absolute Gasteiger partial charge is 0.410 e. The van der Waals surface area contributed by atoms with Crippen molar-refractivity contribution in [1.82, 2.24) is 4.90 Å². The summed E-state index contributed by atoms with van der Waals surface area (Å²) in [6.45, 7) is 7.75. The average Bonchev–Trinajstić information content (AvgIpc) is 2.83. The van der Waals surface area contributed by atoms with Gasteiger partial charge in [-0.1, -0.05) is 0 Å². The molecule has 19 heavy (non-hydrogen) atoms. The molecule has 0 saturated carbocycles.